The van der Waals surface area contributed by atoms with Crippen molar-refractivity contribution in [2.45, 2.75) is 102 Å². The molecule has 12 nitrogen and oxygen atoms in total. The highest BCUT2D eigenvalue weighted by atomic mass is 16.6. The van der Waals surface area contributed by atoms with Crippen molar-refractivity contribution in [3.63, 3.8) is 0 Å². The van der Waals surface area contributed by atoms with Crippen LogP contribution in [0.15, 0.2) is 0 Å². The number of carbonyl (C=O) groups excluding carboxylic acids is 4. The maximum atomic E-state index is 12.4. The van der Waals surface area contributed by atoms with E-state index in [9.17, 15) is 19.2 Å². The Bertz CT molecular complexity index is 1020. The zero-order valence-corrected chi connectivity index (χ0v) is 24.1. The van der Waals surface area contributed by atoms with Crippen molar-refractivity contribution in [1.29, 1.82) is 0 Å². The second kappa shape index (κ2) is 11.8. The van der Waals surface area contributed by atoms with E-state index in [0.717, 1.165) is 6.42 Å². The van der Waals surface area contributed by atoms with Gasteiger partial charge in [-0.2, -0.15) is 0 Å². The summed E-state index contributed by atoms with van der Waals surface area (Å²) >= 11 is 0. The Morgan fingerprint density at radius 3 is 1.63 bits per heavy atom. The molecule has 6 aliphatic heterocycles. The van der Waals surface area contributed by atoms with Crippen LogP contribution in [0.4, 0.5) is 0 Å². The predicted molar refractivity (Wildman–Crippen MR) is 138 cm³/mol. The predicted octanol–water partition coefficient (Wildman–Crippen LogP) is 0.923. The van der Waals surface area contributed by atoms with Gasteiger partial charge >= 0.3 is 23.9 Å². The molecule has 6 fully saturated rings. The van der Waals surface area contributed by atoms with Crippen LogP contribution in [0.25, 0.3) is 0 Å². The summed E-state index contributed by atoms with van der Waals surface area (Å²) in [6, 6.07) is 0. The van der Waals surface area contributed by atoms with E-state index in [1.54, 1.807) is 20.8 Å². The van der Waals surface area contributed by atoms with E-state index >= 15 is 0 Å². The highest BCUT2D eigenvalue weighted by Gasteiger charge is 2.71. The molecule has 0 amide bonds. The summed E-state index contributed by atoms with van der Waals surface area (Å²) in [4.78, 5) is 48.6. The molecular formula is C29H42O12. The van der Waals surface area contributed by atoms with Gasteiger partial charge in [-0.15, -0.1) is 0 Å². The van der Waals surface area contributed by atoms with E-state index in [2.05, 4.69) is 0 Å². The standard InChI is InChI=1S/C15H22O6.C14H20O6/c1-15(2,3)21-14(18)8-9-12-11(20-13(9)17)7(5-4-6-16)10(8)19-12;1-2-6-18-13(16)8-9-12-11(20-14(9)17)7(4-3-5-15)10(8)19-12/h7-12,16H,4-6H2,1-3H3;7-12,15H,2-6H2,1H3. The van der Waals surface area contributed by atoms with Crippen LogP contribution in [0, 0.1) is 35.5 Å². The minimum atomic E-state index is -0.596. The molecule has 0 saturated carbocycles. The molecule has 0 aromatic carbocycles. The van der Waals surface area contributed by atoms with Crippen molar-refractivity contribution >= 4 is 23.9 Å². The molecule has 0 aliphatic carbocycles. The van der Waals surface area contributed by atoms with E-state index < -0.39 is 29.3 Å². The summed E-state index contributed by atoms with van der Waals surface area (Å²) in [5.74, 6) is -3.61. The number of hydrogen-bond donors (Lipinski definition) is 2. The lowest BCUT2D eigenvalue weighted by Crippen LogP contribution is -2.44. The number of esters is 4. The van der Waals surface area contributed by atoms with Gasteiger partial charge in [0.1, 0.15) is 41.9 Å². The number of fused-ring (bicyclic) bond motifs is 2. The fraction of sp³-hybridized carbons (Fsp3) is 0.862. The van der Waals surface area contributed by atoms with Gasteiger partial charge in [-0.3, -0.25) is 19.2 Å². The SMILES string of the molecule is CC(C)(C)OC(=O)C1C2OC3C(OC(=O)C31)C2CCCO.CCCOC(=O)C1C2OC3C(OC(=O)C31)C2CCCO. The first-order valence-electron chi connectivity index (χ1n) is 14.9. The van der Waals surface area contributed by atoms with Gasteiger partial charge in [0, 0.05) is 25.0 Å². The lowest BCUT2D eigenvalue weighted by Gasteiger charge is -2.29. The van der Waals surface area contributed by atoms with Gasteiger partial charge in [-0.1, -0.05) is 6.92 Å². The Morgan fingerprint density at radius 1 is 0.756 bits per heavy atom. The Labute approximate surface area is 239 Å². The summed E-state index contributed by atoms with van der Waals surface area (Å²) in [5.41, 5.74) is -0.596. The van der Waals surface area contributed by atoms with Crippen LogP contribution in [-0.2, 0) is 47.6 Å². The van der Waals surface area contributed by atoms with E-state index in [-0.39, 0.29) is 85.6 Å². The maximum absolute atomic E-state index is 12.4. The first-order valence-corrected chi connectivity index (χ1v) is 14.9. The molecule has 6 saturated heterocycles. The van der Waals surface area contributed by atoms with Crippen LogP contribution in [-0.4, -0.2) is 96.1 Å². The van der Waals surface area contributed by atoms with Gasteiger partial charge in [0.15, 0.2) is 0 Å². The first kappa shape index (κ1) is 30.2. The minimum absolute atomic E-state index is 0.00553. The van der Waals surface area contributed by atoms with Gasteiger partial charge in [-0.05, 0) is 52.9 Å². The normalized spacial score (nSPS) is 40.7. The Hall–Kier alpha value is -2.28. The van der Waals surface area contributed by atoms with Gasteiger partial charge in [0.25, 0.3) is 0 Å². The van der Waals surface area contributed by atoms with Crippen LogP contribution < -0.4 is 0 Å². The molecular weight excluding hydrogens is 540 g/mol. The van der Waals surface area contributed by atoms with Gasteiger partial charge in [0.2, 0.25) is 0 Å². The monoisotopic (exact) mass is 582 g/mol. The fourth-order valence-electron chi connectivity index (χ4n) is 7.52. The average Bonchev–Trinajstić information content (AvgIpc) is 3.71. The number of aliphatic hydroxyl groups is 2. The van der Waals surface area contributed by atoms with Crippen molar-refractivity contribution < 1.29 is 57.8 Å². The van der Waals surface area contributed by atoms with Crippen molar-refractivity contribution in [2.24, 2.45) is 35.5 Å². The molecule has 6 heterocycles. The van der Waals surface area contributed by atoms with Gasteiger partial charge in [0.05, 0.1) is 30.7 Å². The molecule has 41 heavy (non-hydrogen) atoms. The number of rotatable bonds is 10. The highest BCUT2D eigenvalue weighted by Crippen LogP contribution is 2.55. The molecule has 0 aromatic heterocycles. The molecule has 6 aliphatic rings. The van der Waals surface area contributed by atoms with E-state index in [1.165, 1.54) is 0 Å². The molecule has 230 valence electrons. The summed E-state index contributed by atoms with van der Waals surface area (Å²) in [5, 5.41) is 18.0. The Kier molecular flexibility index (Phi) is 8.67. The summed E-state index contributed by atoms with van der Waals surface area (Å²) in [6.07, 6.45) is 1.55. The molecule has 0 spiro atoms. The van der Waals surface area contributed by atoms with Crippen LogP contribution in [0.3, 0.4) is 0 Å². The molecule has 2 N–H and O–H groups in total. The van der Waals surface area contributed by atoms with E-state index in [0.29, 0.717) is 32.3 Å². The lowest BCUT2D eigenvalue weighted by atomic mass is 9.73. The average molecular weight is 583 g/mol. The quantitative estimate of drug-likeness (QED) is 0.277. The number of hydrogen-bond acceptors (Lipinski definition) is 12. The molecule has 6 rings (SSSR count). The van der Waals surface area contributed by atoms with Gasteiger partial charge in [-0.25, -0.2) is 0 Å². The fourth-order valence-corrected chi connectivity index (χ4v) is 7.52. The van der Waals surface area contributed by atoms with Crippen molar-refractivity contribution in [1.82, 2.24) is 0 Å². The van der Waals surface area contributed by atoms with Crippen LogP contribution in [0.1, 0.15) is 59.8 Å². The molecule has 12 unspecified atom stereocenters. The topological polar surface area (TPSA) is 164 Å². The molecule has 4 bridgehead atoms. The van der Waals surface area contributed by atoms with Crippen molar-refractivity contribution in [2.75, 3.05) is 19.8 Å². The summed E-state index contributed by atoms with van der Waals surface area (Å²) in [6.45, 7) is 7.86. The Morgan fingerprint density at radius 2 is 1.22 bits per heavy atom. The lowest BCUT2D eigenvalue weighted by molar-refractivity contribution is -0.165. The summed E-state index contributed by atoms with van der Waals surface area (Å²) in [7, 11) is 0. The smallest absolute Gasteiger partial charge is 0.313 e. The largest absolute Gasteiger partial charge is 0.465 e. The summed E-state index contributed by atoms with van der Waals surface area (Å²) < 4.78 is 33.1. The van der Waals surface area contributed by atoms with E-state index in [4.69, 9.17) is 38.6 Å². The van der Waals surface area contributed by atoms with Crippen LogP contribution in [0.5, 0.6) is 0 Å². The van der Waals surface area contributed by atoms with Crippen molar-refractivity contribution in [3.05, 3.63) is 0 Å². The van der Waals surface area contributed by atoms with Crippen LogP contribution in [0.2, 0.25) is 0 Å². The number of carbonyl (C=O) groups is 4. The first-order chi connectivity index (χ1) is 19.5. The maximum Gasteiger partial charge on any atom is 0.313 e. The third-order valence-corrected chi connectivity index (χ3v) is 8.99. The minimum Gasteiger partial charge on any atom is -0.465 e. The van der Waals surface area contributed by atoms with Crippen molar-refractivity contribution in [3.8, 4) is 0 Å². The molecule has 12 atom stereocenters. The Balaban J connectivity index is 0.000000165. The number of aliphatic hydroxyl groups excluding tert-OH is 2. The third kappa shape index (κ3) is 5.36. The zero-order valence-electron chi connectivity index (χ0n) is 24.1. The highest BCUT2D eigenvalue weighted by molar-refractivity contribution is 5.87. The second-order valence-electron chi connectivity index (χ2n) is 12.8. The molecule has 0 aromatic rings. The third-order valence-electron chi connectivity index (χ3n) is 8.99. The zero-order chi connectivity index (χ0) is 29.6. The van der Waals surface area contributed by atoms with E-state index in [1.807, 2.05) is 6.92 Å². The second-order valence-corrected chi connectivity index (χ2v) is 12.8. The van der Waals surface area contributed by atoms with Gasteiger partial charge < -0.3 is 38.6 Å². The van der Waals surface area contributed by atoms with Crippen LogP contribution >= 0.6 is 0 Å². The number of ether oxygens (including phenoxy) is 6. The molecule has 12 heteroatoms. The molecule has 0 radical (unpaired) electrons.